The number of guanidine groups is 1. The third-order valence-electron chi connectivity index (χ3n) is 1.52. The Hall–Kier alpha value is -0.940. The molecule has 1 aromatic rings. The number of rotatable bonds is 2. The van der Waals surface area contributed by atoms with Crippen molar-refractivity contribution in [2.24, 2.45) is 10.9 Å². The van der Waals surface area contributed by atoms with Crippen molar-refractivity contribution in [1.82, 2.24) is 4.90 Å². The van der Waals surface area contributed by atoms with Gasteiger partial charge < -0.3 is 15.8 Å². The Morgan fingerprint density at radius 3 is 2.92 bits per heavy atom. The fourth-order valence-corrected chi connectivity index (χ4v) is 1.97. The zero-order chi connectivity index (χ0) is 9.84. The summed E-state index contributed by atoms with van der Waals surface area (Å²) in [4.78, 5) is 2.70. The van der Waals surface area contributed by atoms with Crippen LogP contribution in [0.2, 0.25) is 4.34 Å². The van der Waals surface area contributed by atoms with Crippen LogP contribution in [0.4, 0.5) is 0 Å². The van der Waals surface area contributed by atoms with E-state index < -0.39 is 0 Å². The molecule has 13 heavy (non-hydrogen) atoms. The van der Waals surface area contributed by atoms with E-state index in [0.29, 0.717) is 6.54 Å². The predicted molar refractivity (Wildman–Crippen MR) is 54.2 cm³/mol. The Bertz CT molecular complexity index is 312. The Morgan fingerprint density at radius 1 is 1.77 bits per heavy atom. The van der Waals surface area contributed by atoms with E-state index in [4.69, 9.17) is 22.5 Å². The fraction of sp³-hybridized carbons (Fsp3) is 0.286. The summed E-state index contributed by atoms with van der Waals surface area (Å²) in [5.41, 5.74) is 5.37. The van der Waals surface area contributed by atoms with Crippen molar-refractivity contribution in [3.05, 3.63) is 21.3 Å². The molecule has 6 heteroatoms. The van der Waals surface area contributed by atoms with Gasteiger partial charge in [-0.1, -0.05) is 16.8 Å². The van der Waals surface area contributed by atoms with E-state index in [2.05, 4.69) is 5.16 Å². The Morgan fingerprint density at radius 2 is 2.46 bits per heavy atom. The lowest BCUT2D eigenvalue weighted by Gasteiger charge is -2.14. The van der Waals surface area contributed by atoms with E-state index in [1.807, 2.05) is 12.1 Å². The van der Waals surface area contributed by atoms with Crippen LogP contribution in [-0.4, -0.2) is 23.1 Å². The maximum atomic E-state index is 8.39. The van der Waals surface area contributed by atoms with Gasteiger partial charge in [-0.25, -0.2) is 0 Å². The summed E-state index contributed by atoms with van der Waals surface area (Å²) >= 11 is 7.22. The lowest BCUT2D eigenvalue weighted by atomic mass is 10.4. The number of nitrogens with two attached hydrogens (primary N) is 1. The molecule has 0 radical (unpaired) electrons. The first-order valence-electron chi connectivity index (χ1n) is 3.56. The van der Waals surface area contributed by atoms with Crippen LogP contribution in [0, 0.1) is 0 Å². The smallest absolute Gasteiger partial charge is 0.233 e. The van der Waals surface area contributed by atoms with Crippen molar-refractivity contribution in [2.45, 2.75) is 6.54 Å². The molecule has 1 heterocycles. The second-order valence-corrected chi connectivity index (χ2v) is 4.32. The van der Waals surface area contributed by atoms with Gasteiger partial charge in [-0.3, -0.25) is 0 Å². The quantitative estimate of drug-likeness (QED) is 0.343. The van der Waals surface area contributed by atoms with Crippen LogP contribution < -0.4 is 5.73 Å². The molecule has 0 saturated carbocycles. The second kappa shape index (κ2) is 4.34. The highest BCUT2D eigenvalue weighted by Gasteiger charge is 2.04. The molecule has 3 N–H and O–H groups in total. The van der Waals surface area contributed by atoms with Gasteiger partial charge in [-0.2, -0.15) is 0 Å². The number of oxime groups is 1. The molecule has 0 aliphatic heterocycles. The summed E-state index contributed by atoms with van der Waals surface area (Å²) in [7, 11) is 1.74. The van der Waals surface area contributed by atoms with Crippen LogP contribution >= 0.6 is 22.9 Å². The zero-order valence-electron chi connectivity index (χ0n) is 7.07. The van der Waals surface area contributed by atoms with E-state index >= 15 is 0 Å². The van der Waals surface area contributed by atoms with Gasteiger partial charge in [-0.15, -0.1) is 11.3 Å². The molecule has 0 aliphatic rings. The summed E-state index contributed by atoms with van der Waals surface area (Å²) in [6, 6.07) is 3.73. The number of halogens is 1. The standard InChI is InChI=1S/C7H10ClN3OS/c1-11(7(9)10-12)4-5-2-3-6(8)13-5/h2-3,12H,4H2,1H3,(H2,9,10). The van der Waals surface area contributed by atoms with Gasteiger partial charge in [0.1, 0.15) is 0 Å². The Balaban J connectivity index is 2.59. The molecular formula is C7H10ClN3OS. The summed E-state index contributed by atoms with van der Waals surface area (Å²) in [5.74, 6) is 0.0875. The lowest BCUT2D eigenvalue weighted by molar-refractivity contribution is 0.304. The molecule has 72 valence electrons. The van der Waals surface area contributed by atoms with Gasteiger partial charge in [0.15, 0.2) is 0 Å². The van der Waals surface area contributed by atoms with Crippen molar-refractivity contribution in [2.75, 3.05) is 7.05 Å². The van der Waals surface area contributed by atoms with Gasteiger partial charge in [0.2, 0.25) is 5.96 Å². The average molecular weight is 220 g/mol. The maximum absolute atomic E-state index is 8.39. The Kier molecular flexibility index (Phi) is 3.39. The molecule has 0 saturated heterocycles. The fourth-order valence-electron chi connectivity index (χ4n) is 0.828. The molecule has 0 bridgehead atoms. The average Bonchev–Trinajstić information content (AvgIpc) is 2.49. The number of nitrogens with zero attached hydrogens (tertiary/aromatic N) is 2. The first kappa shape index (κ1) is 10.1. The van der Waals surface area contributed by atoms with E-state index in [9.17, 15) is 0 Å². The van der Waals surface area contributed by atoms with Gasteiger partial charge in [0, 0.05) is 11.9 Å². The first-order chi connectivity index (χ1) is 6.13. The summed E-state index contributed by atoms with van der Waals surface area (Å²) in [5, 5.41) is 11.3. The molecule has 4 nitrogen and oxygen atoms in total. The third-order valence-corrected chi connectivity index (χ3v) is 2.73. The van der Waals surface area contributed by atoms with Crippen molar-refractivity contribution in [3.63, 3.8) is 0 Å². The molecule has 0 spiro atoms. The largest absolute Gasteiger partial charge is 0.408 e. The summed E-state index contributed by atoms with van der Waals surface area (Å²) < 4.78 is 0.739. The van der Waals surface area contributed by atoms with E-state index in [1.54, 1.807) is 11.9 Å². The van der Waals surface area contributed by atoms with Gasteiger partial charge in [0.25, 0.3) is 0 Å². The van der Waals surface area contributed by atoms with Crippen LogP contribution in [0.15, 0.2) is 17.3 Å². The van der Waals surface area contributed by atoms with Crippen LogP contribution in [0.1, 0.15) is 4.88 Å². The molecule has 0 aliphatic carbocycles. The first-order valence-corrected chi connectivity index (χ1v) is 4.76. The van der Waals surface area contributed by atoms with Gasteiger partial charge in [-0.05, 0) is 12.1 Å². The Labute approximate surface area is 85.2 Å². The molecule has 0 atom stereocenters. The lowest BCUT2D eigenvalue weighted by Crippen LogP contribution is -2.32. The minimum atomic E-state index is 0.0875. The molecule has 0 amide bonds. The van der Waals surface area contributed by atoms with Crippen molar-refractivity contribution in [3.8, 4) is 0 Å². The number of hydrogen-bond donors (Lipinski definition) is 2. The molecular weight excluding hydrogens is 210 g/mol. The highest BCUT2D eigenvalue weighted by molar-refractivity contribution is 7.16. The molecule has 1 rings (SSSR count). The van der Waals surface area contributed by atoms with Crippen LogP contribution in [0.5, 0.6) is 0 Å². The molecule has 0 unspecified atom stereocenters. The number of hydrogen-bond acceptors (Lipinski definition) is 3. The third kappa shape index (κ3) is 2.78. The van der Waals surface area contributed by atoms with Crippen molar-refractivity contribution in [1.29, 1.82) is 0 Å². The van der Waals surface area contributed by atoms with Crippen LogP contribution in [-0.2, 0) is 6.54 Å². The maximum Gasteiger partial charge on any atom is 0.233 e. The summed E-state index contributed by atoms with van der Waals surface area (Å²) in [6.45, 7) is 0.591. The molecule has 1 aromatic heterocycles. The SMILES string of the molecule is CN(Cc1ccc(Cl)s1)C(N)=NO. The van der Waals surface area contributed by atoms with Gasteiger partial charge in [0.05, 0.1) is 10.9 Å². The van der Waals surface area contributed by atoms with Gasteiger partial charge >= 0.3 is 0 Å². The molecule has 0 fully saturated rings. The second-order valence-electron chi connectivity index (χ2n) is 2.52. The predicted octanol–water partition coefficient (Wildman–Crippen LogP) is 1.54. The minimum Gasteiger partial charge on any atom is -0.408 e. The number of thiophene rings is 1. The highest BCUT2D eigenvalue weighted by atomic mass is 35.5. The zero-order valence-corrected chi connectivity index (χ0v) is 8.64. The monoisotopic (exact) mass is 219 g/mol. The van der Waals surface area contributed by atoms with Crippen molar-refractivity contribution >= 4 is 28.9 Å². The van der Waals surface area contributed by atoms with Crippen LogP contribution in [0.25, 0.3) is 0 Å². The van der Waals surface area contributed by atoms with Crippen molar-refractivity contribution < 1.29 is 5.21 Å². The van der Waals surface area contributed by atoms with E-state index in [-0.39, 0.29) is 5.96 Å². The van der Waals surface area contributed by atoms with E-state index in [0.717, 1.165) is 9.21 Å². The normalized spacial score (nSPS) is 11.7. The molecule has 0 aromatic carbocycles. The topological polar surface area (TPSA) is 61.8 Å². The van der Waals surface area contributed by atoms with E-state index in [1.165, 1.54) is 11.3 Å². The highest BCUT2D eigenvalue weighted by Crippen LogP contribution is 2.22. The van der Waals surface area contributed by atoms with Crippen LogP contribution in [0.3, 0.4) is 0 Å². The minimum absolute atomic E-state index is 0.0875. The summed E-state index contributed by atoms with van der Waals surface area (Å²) in [6.07, 6.45) is 0.